The van der Waals surface area contributed by atoms with Crippen molar-refractivity contribution in [3.63, 3.8) is 0 Å². The van der Waals surface area contributed by atoms with Crippen molar-refractivity contribution < 1.29 is 14.0 Å². The highest BCUT2D eigenvalue weighted by molar-refractivity contribution is 6.29. The van der Waals surface area contributed by atoms with Gasteiger partial charge in [0.05, 0.1) is 17.9 Å². The minimum Gasteiger partial charge on any atom is -0.472 e. The summed E-state index contributed by atoms with van der Waals surface area (Å²) in [6, 6.07) is 4.52. The van der Waals surface area contributed by atoms with Gasteiger partial charge in [0.15, 0.2) is 5.82 Å². The normalized spacial score (nSPS) is 14.8. The number of pyridine rings is 1. The standard InChI is InChI=1S/C21H23ClN6O3/c1-13(2)18(24-20(29)15-5-10-31-12-15)19-26-25-17-4-7-27(8-9-28(17)19)21(30)14-3-6-23-16(22)11-14/h3,5-6,10-13,18H,4,7-9H2,1-2H3,(H,24,29). The maximum absolute atomic E-state index is 12.9. The number of hydrogen-bond donors (Lipinski definition) is 1. The average Bonchev–Trinajstić information content (AvgIpc) is 3.38. The molecule has 2 amide bonds. The second kappa shape index (κ2) is 8.89. The second-order valence-electron chi connectivity index (χ2n) is 7.74. The molecular weight excluding hydrogens is 420 g/mol. The Balaban J connectivity index is 1.52. The predicted molar refractivity (Wildman–Crippen MR) is 113 cm³/mol. The van der Waals surface area contributed by atoms with E-state index in [-0.39, 0.29) is 28.9 Å². The van der Waals surface area contributed by atoms with Gasteiger partial charge in [-0.05, 0) is 24.1 Å². The molecule has 0 saturated carbocycles. The number of furan rings is 1. The van der Waals surface area contributed by atoms with Crippen molar-refractivity contribution in [2.24, 2.45) is 5.92 Å². The predicted octanol–water partition coefficient (Wildman–Crippen LogP) is 2.75. The number of carbonyl (C=O) groups is 2. The third-order valence-electron chi connectivity index (χ3n) is 5.33. The molecule has 1 aliphatic rings. The van der Waals surface area contributed by atoms with Gasteiger partial charge in [0.2, 0.25) is 0 Å². The number of nitrogens with one attached hydrogen (secondary N) is 1. The molecule has 0 fully saturated rings. The maximum atomic E-state index is 12.9. The van der Waals surface area contributed by atoms with E-state index in [0.29, 0.717) is 43.0 Å². The number of rotatable bonds is 5. The van der Waals surface area contributed by atoms with Crippen LogP contribution in [0.4, 0.5) is 0 Å². The Labute approximate surface area is 184 Å². The Kier molecular flexibility index (Phi) is 6.03. The summed E-state index contributed by atoms with van der Waals surface area (Å²) in [7, 11) is 0. The van der Waals surface area contributed by atoms with Gasteiger partial charge in [-0.2, -0.15) is 0 Å². The summed E-state index contributed by atoms with van der Waals surface area (Å²) in [5, 5.41) is 12.0. The van der Waals surface area contributed by atoms with Gasteiger partial charge in [-0.1, -0.05) is 25.4 Å². The van der Waals surface area contributed by atoms with Gasteiger partial charge in [0, 0.05) is 37.8 Å². The molecule has 1 aliphatic heterocycles. The van der Waals surface area contributed by atoms with Crippen molar-refractivity contribution in [1.29, 1.82) is 0 Å². The molecule has 3 aromatic rings. The van der Waals surface area contributed by atoms with Crippen LogP contribution in [0, 0.1) is 5.92 Å². The smallest absolute Gasteiger partial charge is 0.255 e. The lowest BCUT2D eigenvalue weighted by Gasteiger charge is -2.23. The first-order valence-corrected chi connectivity index (χ1v) is 10.5. The molecule has 0 aromatic carbocycles. The maximum Gasteiger partial charge on any atom is 0.255 e. The monoisotopic (exact) mass is 442 g/mol. The summed E-state index contributed by atoms with van der Waals surface area (Å²) < 4.78 is 7.02. The number of fused-ring (bicyclic) bond motifs is 1. The zero-order chi connectivity index (χ0) is 22.0. The minimum atomic E-state index is -0.329. The summed E-state index contributed by atoms with van der Waals surface area (Å²) in [5.74, 6) is 1.23. The fraction of sp³-hybridized carbons (Fsp3) is 0.381. The first-order valence-electron chi connectivity index (χ1n) is 10.1. The molecule has 0 saturated heterocycles. The van der Waals surface area contributed by atoms with Gasteiger partial charge in [0.1, 0.15) is 17.2 Å². The lowest BCUT2D eigenvalue weighted by Crippen LogP contribution is -2.35. The summed E-state index contributed by atoms with van der Waals surface area (Å²) in [5.41, 5.74) is 0.958. The molecule has 3 aromatic heterocycles. The summed E-state index contributed by atoms with van der Waals surface area (Å²) in [6.07, 6.45) is 4.96. The van der Waals surface area contributed by atoms with Gasteiger partial charge < -0.3 is 19.2 Å². The van der Waals surface area contributed by atoms with Crippen LogP contribution in [0.5, 0.6) is 0 Å². The van der Waals surface area contributed by atoms with Crippen molar-refractivity contribution in [2.75, 3.05) is 13.1 Å². The van der Waals surface area contributed by atoms with E-state index < -0.39 is 0 Å². The number of hydrogen-bond acceptors (Lipinski definition) is 6. The van der Waals surface area contributed by atoms with E-state index >= 15 is 0 Å². The lowest BCUT2D eigenvalue weighted by molar-refractivity contribution is 0.0758. The molecule has 4 heterocycles. The fourth-order valence-corrected chi connectivity index (χ4v) is 3.82. The fourth-order valence-electron chi connectivity index (χ4n) is 3.64. The average molecular weight is 443 g/mol. The molecule has 10 heteroatoms. The van der Waals surface area contributed by atoms with Crippen LogP contribution in [-0.4, -0.2) is 49.6 Å². The van der Waals surface area contributed by atoms with Crippen LogP contribution >= 0.6 is 11.6 Å². The molecule has 4 rings (SSSR count). The van der Waals surface area contributed by atoms with E-state index in [2.05, 4.69) is 20.5 Å². The Hall–Kier alpha value is -3.20. The van der Waals surface area contributed by atoms with Crippen molar-refractivity contribution in [1.82, 2.24) is 30.0 Å². The third kappa shape index (κ3) is 4.46. The Morgan fingerprint density at radius 1 is 1.16 bits per heavy atom. The molecule has 1 atom stereocenters. The summed E-state index contributed by atoms with van der Waals surface area (Å²) >= 11 is 5.93. The zero-order valence-electron chi connectivity index (χ0n) is 17.3. The third-order valence-corrected chi connectivity index (χ3v) is 5.54. The van der Waals surface area contributed by atoms with Crippen LogP contribution < -0.4 is 5.32 Å². The zero-order valence-corrected chi connectivity index (χ0v) is 18.0. The lowest BCUT2D eigenvalue weighted by atomic mass is 10.0. The van der Waals surface area contributed by atoms with E-state index in [1.165, 1.54) is 18.7 Å². The van der Waals surface area contributed by atoms with E-state index in [1.54, 1.807) is 23.1 Å². The highest BCUT2D eigenvalue weighted by atomic mass is 35.5. The van der Waals surface area contributed by atoms with E-state index in [9.17, 15) is 9.59 Å². The quantitative estimate of drug-likeness (QED) is 0.609. The van der Waals surface area contributed by atoms with E-state index in [1.807, 2.05) is 18.4 Å². The number of aromatic nitrogens is 4. The topological polar surface area (TPSA) is 106 Å². The molecule has 0 radical (unpaired) electrons. The Morgan fingerprint density at radius 3 is 2.71 bits per heavy atom. The molecule has 1 N–H and O–H groups in total. The van der Waals surface area contributed by atoms with Gasteiger partial charge in [0.25, 0.3) is 11.8 Å². The molecule has 0 bridgehead atoms. The summed E-state index contributed by atoms with van der Waals surface area (Å²) in [6.45, 7) is 5.58. The molecule has 162 valence electrons. The molecule has 0 spiro atoms. The van der Waals surface area contributed by atoms with Gasteiger partial charge >= 0.3 is 0 Å². The number of nitrogens with zero attached hydrogens (tertiary/aromatic N) is 5. The first kappa shape index (κ1) is 21.0. The van der Waals surface area contributed by atoms with Gasteiger partial charge in [-0.3, -0.25) is 9.59 Å². The highest BCUT2D eigenvalue weighted by Crippen LogP contribution is 2.23. The summed E-state index contributed by atoms with van der Waals surface area (Å²) in [4.78, 5) is 31.2. The van der Waals surface area contributed by atoms with Crippen LogP contribution in [0.25, 0.3) is 0 Å². The second-order valence-corrected chi connectivity index (χ2v) is 8.13. The van der Waals surface area contributed by atoms with Crippen LogP contribution in [0.2, 0.25) is 5.15 Å². The number of halogens is 1. The molecule has 0 aliphatic carbocycles. The molecule has 1 unspecified atom stereocenters. The van der Waals surface area contributed by atoms with Crippen LogP contribution in [0.3, 0.4) is 0 Å². The van der Waals surface area contributed by atoms with Crippen LogP contribution in [0.15, 0.2) is 41.3 Å². The molecule has 31 heavy (non-hydrogen) atoms. The van der Waals surface area contributed by atoms with Crippen LogP contribution in [0.1, 0.15) is 52.3 Å². The van der Waals surface area contributed by atoms with Crippen molar-refractivity contribution >= 4 is 23.4 Å². The van der Waals surface area contributed by atoms with Gasteiger partial charge in [-0.25, -0.2) is 4.98 Å². The van der Waals surface area contributed by atoms with E-state index in [0.717, 1.165) is 5.82 Å². The van der Waals surface area contributed by atoms with Crippen LogP contribution in [-0.2, 0) is 13.0 Å². The number of carbonyl (C=O) groups excluding carboxylic acids is 2. The van der Waals surface area contributed by atoms with Crippen molar-refractivity contribution in [3.05, 3.63) is 64.9 Å². The Bertz CT molecular complexity index is 1080. The largest absolute Gasteiger partial charge is 0.472 e. The van der Waals surface area contributed by atoms with E-state index in [4.69, 9.17) is 16.0 Å². The SMILES string of the molecule is CC(C)C(NC(=O)c1ccoc1)c1nnc2n1CCN(C(=O)c1ccnc(Cl)c1)CC2. The molecule has 9 nitrogen and oxygen atoms in total. The van der Waals surface area contributed by atoms with Crippen molar-refractivity contribution in [3.8, 4) is 0 Å². The first-order chi connectivity index (χ1) is 14.9. The number of amides is 2. The van der Waals surface area contributed by atoms with Gasteiger partial charge in [-0.15, -0.1) is 10.2 Å². The molecular formula is C21H23ClN6O3. The highest BCUT2D eigenvalue weighted by Gasteiger charge is 2.29. The Morgan fingerprint density at radius 2 is 2.00 bits per heavy atom. The van der Waals surface area contributed by atoms with Crippen molar-refractivity contribution in [2.45, 2.75) is 32.9 Å². The minimum absolute atomic E-state index is 0.0871.